The van der Waals surface area contributed by atoms with Gasteiger partial charge in [-0.25, -0.2) is 4.39 Å². The van der Waals surface area contributed by atoms with Crippen LogP contribution < -0.4 is 10.1 Å². The number of para-hydroxylation sites is 1. The lowest BCUT2D eigenvalue weighted by Gasteiger charge is -2.25. The highest BCUT2D eigenvalue weighted by Crippen LogP contribution is 2.35. The lowest BCUT2D eigenvalue weighted by molar-refractivity contribution is -0.124. The first-order valence-electron chi connectivity index (χ1n) is 8.45. The number of carbonyl (C=O) groups excluding carboxylic acids is 1. The van der Waals surface area contributed by atoms with E-state index in [1.807, 2.05) is 30.3 Å². The Morgan fingerprint density at radius 3 is 2.42 bits per heavy atom. The van der Waals surface area contributed by atoms with Gasteiger partial charge in [0.2, 0.25) is 0 Å². The van der Waals surface area contributed by atoms with Crippen molar-refractivity contribution in [3.63, 3.8) is 0 Å². The number of halogens is 1. The fourth-order valence-corrected chi connectivity index (χ4v) is 3.31. The van der Waals surface area contributed by atoms with E-state index in [4.69, 9.17) is 4.74 Å². The number of hydrogen-bond donors (Lipinski definition) is 1. The molecule has 3 rings (SSSR count). The second kappa shape index (κ2) is 7.95. The highest BCUT2D eigenvalue weighted by molar-refractivity contribution is 5.78. The zero-order chi connectivity index (χ0) is 16.8. The molecule has 1 saturated carbocycles. The first kappa shape index (κ1) is 16.5. The SMILES string of the molecule is O=C(COc1ccccc1)NC(c1ccc(F)cc1)C1CCCC1. The highest BCUT2D eigenvalue weighted by atomic mass is 19.1. The number of hydrogen-bond acceptors (Lipinski definition) is 2. The molecule has 1 amide bonds. The summed E-state index contributed by atoms with van der Waals surface area (Å²) in [6.07, 6.45) is 4.53. The van der Waals surface area contributed by atoms with Crippen molar-refractivity contribution in [2.75, 3.05) is 6.61 Å². The minimum absolute atomic E-state index is 0.0194. The predicted octanol–water partition coefficient (Wildman–Crippen LogP) is 4.25. The van der Waals surface area contributed by atoms with Gasteiger partial charge in [0, 0.05) is 0 Å². The second-order valence-corrected chi connectivity index (χ2v) is 6.24. The molecule has 0 saturated heterocycles. The summed E-state index contributed by atoms with van der Waals surface area (Å²) in [6, 6.07) is 15.6. The summed E-state index contributed by atoms with van der Waals surface area (Å²) in [6.45, 7) is -0.0194. The van der Waals surface area contributed by atoms with Crippen LogP contribution in [0.25, 0.3) is 0 Å². The molecule has 1 aliphatic rings. The maximum absolute atomic E-state index is 13.2. The second-order valence-electron chi connectivity index (χ2n) is 6.24. The molecule has 0 radical (unpaired) electrons. The summed E-state index contributed by atoms with van der Waals surface area (Å²) in [5.74, 6) is 0.658. The summed E-state index contributed by atoms with van der Waals surface area (Å²) < 4.78 is 18.7. The van der Waals surface area contributed by atoms with Gasteiger partial charge in [0.15, 0.2) is 6.61 Å². The summed E-state index contributed by atoms with van der Waals surface area (Å²) in [5.41, 5.74) is 0.955. The number of ether oxygens (including phenoxy) is 1. The minimum atomic E-state index is -0.261. The van der Waals surface area contributed by atoms with E-state index in [1.54, 1.807) is 12.1 Å². The Balaban J connectivity index is 1.64. The van der Waals surface area contributed by atoms with Crippen molar-refractivity contribution < 1.29 is 13.9 Å². The van der Waals surface area contributed by atoms with Crippen LogP contribution in [0, 0.1) is 11.7 Å². The fraction of sp³-hybridized carbons (Fsp3) is 0.350. The number of amides is 1. The molecular weight excluding hydrogens is 305 g/mol. The molecule has 2 aromatic carbocycles. The Morgan fingerprint density at radius 1 is 1.08 bits per heavy atom. The largest absolute Gasteiger partial charge is 0.484 e. The van der Waals surface area contributed by atoms with Crippen LogP contribution in [-0.2, 0) is 4.79 Å². The summed E-state index contributed by atoms with van der Waals surface area (Å²) in [7, 11) is 0. The Bertz CT molecular complexity index is 651. The zero-order valence-corrected chi connectivity index (χ0v) is 13.6. The molecule has 1 aliphatic carbocycles. The molecule has 126 valence electrons. The van der Waals surface area contributed by atoms with Crippen LogP contribution in [0.5, 0.6) is 5.75 Å². The van der Waals surface area contributed by atoms with Crippen molar-refractivity contribution in [1.82, 2.24) is 5.32 Å². The smallest absolute Gasteiger partial charge is 0.258 e. The molecule has 1 atom stereocenters. The van der Waals surface area contributed by atoms with Gasteiger partial charge in [-0.05, 0) is 48.6 Å². The molecule has 0 heterocycles. The number of rotatable bonds is 6. The van der Waals surface area contributed by atoms with Crippen molar-refractivity contribution in [3.8, 4) is 5.75 Å². The monoisotopic (exact) mass is 327 g/mol. The summed E-state index contributed by atoms with van der Waals surface area (Å²) in [4.78, 5) is 12.3. The first-order valence-corrected chi connectivity index (χ1v) is 8.45. The third-order valence-electron chi connectivity index (χ3n) is 4.53. The van der Waals surface area contributed by atoms with Gasteiger partial charge in [-0.1, -0.05) is 43.2 Å². The van der Waals surface area contributed by atoms with Gasteiger partial charge in [-0.2, -0.15) is 0 Å². The highest BCUT2D eigenvalue weighted by Gasteiger charge is 2.27. The normalized spacial score (nSPS) is 15.9. The van der Waals surface area contributed by atoms with E-state index in [1.165, 1.54) is 25.0 Å². The molecule has 1 fully saturated rings. The molecule has 4 heteroatoms. The molecule has 1 unspecified atom stereocenters. The van der Waals surface area contributed by atoms with Crippen LogP contribution in [0.2, 0.25) is 0 Å². The van der Waals surface area contributed by atoms with Crippen molar-refractivity contribution in [3.05, 3.63) is 66.0 Å². The molecule has 0 aromatic heterocycles. The van der Waals surface area contributed by atoms with Crippen molar-refractivity contribution in [2.24, 2.45) is 5.92 Å². The van der Waals surface area contributed by atoms with Crippen LogP contribution in [0.4, 0.5) is 4.39 Å². The van der Waals surface area contributed by atoms with E-state index in [0.29, 0.717) is 11.7 Å². The number of nitrogens with one attached hydrogen (secondary N) is 1. The van der Waals surface area contributed by atoms with Gasteiger partial charge in [-0.15, -0.1) is 0 Å². The standard InChI is InChI=1S/C20H22FNO2/c21-17-12-10-16(11-13-17)20(15-6-4-5-7-15)22-19(23)14-24-18-8-2-1-3-9-18/h1-3,8-13,15,20H,4-7,14H2,(H,22,23). The fourth-order valence-electron chi connectivity index (χ4n) is 3.31. The molecule has 1 N–H and O–H groups in total. The lowest BCUT2D eigenvalue weighted by atomic mass is 9.91. The Kier molecular flexibility index (Phi) is 5.47. The summed E-state index contributed by atoms with van der Waals surface area (Å²) in [5, 5.41) is 3.08. The Labute approximate surface area is 141 Å². The van der Waals surface area contributed by atoms with Gasteiger partial charge < -0.3 is 10.1 Å². The third kappa shape index (κ3) is 4.34. The predicted molar refractivity (Wildman–Crippen MR) is 91.2 cm³/mol. The molecule has 24 heavy (non-hydrogen) atoms. The average Bonchev–Trinajstić information content (AvgIpc) is 3.14. The van der Waals surface area contributed by atoms with E-state index < -0.39 is 0 Å². The van der Waals surface area contributed by atoms with Crippen molar-refractivity contribution in [1.29, 1.82) is 0 Å². The summed E-state index contributed by atoms with van der Waals surface area (Å²) >= 11 is 0. The lowest BCUT2D eigenvalue weighted by Crippen LogP contribution is -2.36. The average molecular weight is 327 g/mol. The minimum Gasteiger partial charge on any atom is -0.484 e. The van der Waals surface area contributed by atoms with Gasteiger partial charge in [0.05, 0.1) is 6.04 Å². The van der Waals surface area contributed by atoms with E-state index in [-0.39, 0.29) is 24.4 Å². The van der Waals surface area contributed by atoms with E-state index in [0.717, 1.165) is 18.4 Å². The molecular formula is C20H22FNO2. The van der Waals surface area contributed by atoms with Gasteiger partial charge in [0.25, 0.3) is 5.91 Å². The van der Waals surface area contributed by atoms with E-state index >= 15 is 0 Å². The van der Waals surface area contributed by atoms with Crippen LogP contribution in [0.3, 0.4) is 0 Å². The van der Waals surface area contributed by atoms with Gasteiger partial charge >= 0.3 is 0 Å². The molecule has 0 bridgehead atoms. The quantitative estimate of drug-likeness (QED) is 0.861. The van der Waals surface area contributed by atoms with E-state index in [9.17, 15) is 9.18 Å². The molecule has 3 nitrogen and oxygen atoms in total. The van der Waals surface area contributed by atoms with E-state index in [2.05, 4.69) is 5.32 Å². The van der Waals surface area contributed by atoms with Crippen molar-refractivity contribution in [2.45, 2.75) is 31.7 Å². The Hall–Kier alpha value is -2.36. The molecule has 0 aliphatic heterocycles. The van der Waals surface area contributed by atoms with Crippen LogP contribution in [-0.4, -0.2) is 12.5 Å². The van der Waals surface area contributed by atoms with Crippen LogP contribution >= 0.6 is 0 Å². The number of benzene rings is 2. The third-order valence-corrected chi connectivity index (χ3v) is 4.53. The maximum Gasteiger partial charge on any atom is 0.258 e. The van der Waals surface area contributed by atoms with Crippen LogP contribution in [0.1, 0.15) is 37.3 Å². The molecule has 2 aromatic rings. The maximum atomic E-state index is 13.2. The van der Waals surface area contributed by atoms with Crippen LogP contribution in [0.15, 0.2) is 54.6 Å². The Morgan fingerprint density at radius 2 is 1.75 bits per heavy atom. The zero-order valence-electron chi connectivity index (χ0n) is 13.6. The topological polar surface area (TPSA) is 38.3 Å². The van der Waals surface area contributed by atoms with Gasteiger partial charge in [-0.3, -0.25) is 4.79 Å². The van der Waals surface area contributed by atoms with Gasteiger partial charge in [0.1, 0.15) is 11.6 Å². The number of carbonyl (C=O) groups is 1. The molecule has 0 spiro atoms. The first-order chi connectivity index (χ1) is 11.7. The van der Waals surface area contributed by atoms with Crippen molar-refractivity contribution >= 4 is 5.91 Å².